The lowest BCUT2D eigenvalue weighted by atomic mass is 9.73. The van der Waals surface area contributed by atoms with Crippen LogP contribution in [0.25, 0.3) is 11.1 Å². The van der Waals surface area contributed by atoms with E-state index >= 15 is 0 Å². The number of aromatic nitrogens is 3. The molecule has 9 nitrogen and oxygen atoms in total. The maximum Gasteiger partial charge on any atom is 0.292 e. The van der Waals surface area contributed by atoms with Gasteiger partial charge in [0.25, 0.3) is 6.01 Å². The summed E-state index contributed by atoms with van der Waals surface area (Å²) in [5.41, 5.74) is 17.3. The Balaban J connectivity index is 1.10. The van der Waals surface area contributed by atoms with Crippen LogP contribution in [0.5, 0.6) is 5.75 Å². The van der Waals surface area contributed by atoms with Gasteiger partial charge >= 0.3 is 0 Å². The number of nitrogen functional groups attached to an aromatic ring is 1. The van der Waals surface area contributed by atoms with Crippen LogP contribution in [0.1, 0.15) is 41.4 Å². The maximum atomic E-state index is 10.0. The van der Waals surface area contributed by atoms with E-state index in [1.807, 2.05) is 0 Å². The highest BCUT2D eigenvalue weighted by molar-refractivity contribution is 5.75. The van der Waals surface area contributed by atoms with Gasteiger partial charge in [-0.15, -0.1) is 0 Å². The van der Waals surface area contributed by atoms with Gasteiger partial charge in [-0.05, 0) is 53.9 Å². The van der Waals surface area contributed by atoms with E-state index in [9.17, 15) is 5.11 Å². The highest BCUT2D eigenvalue weighted by Gasteiger charge is 2.46. The molecule has 1 fully saturated rings. The number of rotatable bonds is 4. The number of anilines is 2. The molecule has 1 aliphatic carbocycles. The second kappa shape index (κ2) is 9.39. The smallest absolute Gasteiger partial charge is 0.292 e. The first-order valence-corrected chi connectivity index (χ1v) is 12.4. The number of fused-ring (bicyclic) bond motifs is 2. The van der Waals surface area contributed by atoms with Crippen molar-refractivity contribution >= 4 is 22.9 Å². The van der Waals surface area contributed by atoms with E-state index in [4.69, 9.17) is 20.6 Å². The first-order chi connectivity index (χ1) is 18.0. The predicted octanol–water partition coefficient (Wildman–Crippen LogP) is 2.97. The van der Waals surface area contributed by atoms with Crippen molar-refractivity contribution in [1.82, 2.24) is 15.0 Å². The van der Waals surface area contributed by atoms with Crippen molar-refractivity contribution in [3.63, 3.8) is 0 Å². The van der Waals surface area contributed by atoms with Crippen molar-refractivity contribution in [2.75, 3.05) is 30.3 Å². The highest BCUT2D eigenvalue weighted by Crippen LogP contribution is 2.51. The number of nitrogens with two attached hydrogens (primary N) is 2. The Morgan fingerprint density at radius 3 is 2.81 bits per heavy atom. The number of piperidine rings is 1. The van der Waals surface area contributed by atoms with E-state index in [0.29, 0.717) is 34.1 Å². The number of aliphatic hydroxyl groups excluding tert-OH is 1. The molecule has 9 heteroatoms. The standard InChI is InChI=1S/C28H28N6O3/c29-25-21-6-2-1-4-18(21)15-28(25)9-11-34(12-10-28)26-23(17-35)32-19(16-31-26)5-3-13-36-20-7-8-24-22(14-20)33-27(30)37-24/h1-2,4,6-8,14,16,25,35H,9-13,15,17,29H2,(H2,30,33)/t25-/m1/s1. The quantitative estimate of drug-likeness (QED) is 0.364. The summed E-state index contributed by atoms with van der Waals surface area (Å²) in [6, 6.07) is 14.0. The molecular formula is C28H28N6O3. The molecule has 37 heavy (non-hydrogen) atoms. The lowest BCUT2D eigenvalue weighted by Crippen LogP contribution is -2.45. The van der Waals surface area contributed by atoms with Gasteiger partial charge in [0.15, 0.2) is 11.4 Å². The SMILES string of the molecule is Nc1nc2cc(OCC#Cc3cnc(N4CCC5(CC4)Cc4ccccc4[C@H]5N)c(CO)n3)ccc2o1. The number of hydrogen-bond acceptors (Lipinski definition) is 9. The van der Waals surface area contributed by atoms with Crippen LogP contribution in [0.2, 0.25) is 0 Å². The molecule has 0 unspecified atom stereocenters. The summed E-state index contributed by atoms with van der Waals surface area (Å²) in [4.78, 5) is 15.5. The fraction of sp³-hybridized carbons (Fsp3) is 0.321. The van der Waals surface area contributed by atoms with Crippen LogP contribution in [0.15, 0.2) is 53.1 Å². The second-order valence-electron chi connectivity index (χ2n) is 9.66. The summed E-state index contributed by atoms with van der Waals surface area (Å²) >= 11 is 0. The van der Waals surface area contributed by atoms with Crippen LogP contribution in [0.3, 0.4) is 0 Å². The molecule has 0 bridgehead atoms. The first-order valence-electron chi connectivity index (χ1n) is 12.4. The van der Waals surface area contributed by atoms with E-state index < -0.39 is 0 Å². The third-order valence-electron chi connectivity index (χ3n) is 7.53. The van der Waals surface area contributed by atoms with Gasteiger partial charge in [-0.2, -0.15) is 4.98 Å². The number of hydrogen-bond donors (Lipinski definition) is 3. The van der Waals surface area contributed by atoms with Gasteiger partial charge in [-0.25, -0.2) is 9.97 Å². The maximum absolute atomic E-state index is 10.0. The minimum atomic E-state index is -0.207. The normalized spacial score (nSPS) is 18.0. The molecule has 0 amide bonds. The van der Waals surface area contributed by atoms with Crippen molar-refractivity contribution in [1.29, 1.82) is 0 Å². The summed E-state index contributed by atoms with van der Waals surface area (Å²) in [6.45, 7) is 1.60. The Labute approximate surface area is 214 Å². The van der Waals surface area contributed by atoms with Crippen molar-refractivity contribution in [3.8, 4) is 17.6 Å². The molecule has 6 rings (SSSR count). The highest BCUT2D eigenvalue weighted by atomic mass is 16.5. The van der Waals surface area contributed by atoms with E-state index in [2.05, 4.69) is 56.0 Å². The Bertz CT molecular complexity index is 1510. The Hall–Kier alpha value is -4.13. The summed E-state index contributed by atoms with van der Waals surface area (Å²) in [5, 5.41) is 10.0. The molecule has 0 saturated carbocycles. The van der Waals surface area contributed by atoms with Gasteiger partial charge in [0.1, 0.15) is 29.3 Å². The fourth-order valence-corrected chi connectivity index (χ4v) is 5.58. The van der Waals surface area contributed by atoms with Gasteiger partial charge in [0.05, 0.1) is 12.8 Å². The number of nitrogens with zero attached hydrogens (tertiary/aromatic N) is 4. The van der Waals surface area contributed by atoms with E-state index in [1.54, 1.807) is 24.4 Å². The monoisotopic (exact) mass is 496 g/mol. The van der Waals surface area contributed by atoms with Crippen LogP contribution >= 0.6 is 0 Å². The topological polar surface area (TPSA) is 137 Å². The Kier molecular flexibility index (Phi) is 5.91. The summed E-state index contributed by atoms with van der Waals surface area (Å²) in [5.74, 6) is 7.24. The van der Waals surface area contributed by atoms with Crippen molar-refractivity contribution in [2.24, 2.45) is 11.1 Å². The van der Waals surface area contributed by atoms with E-state index in [0.717, 1.165) is 32.4 Å². The summed E-state index contributed by atoms with van der Waals surface area (Å²) < 4.78 is 10.9. The van der Waals surface area contributed by atoms with Gasteiger partial charge in [-0.3, -0.25) is 0 Å². The average Bonchev–Trinajstić information content (AvgIpc) is 3.43. The van der Waals surface area contributed by atoms with Gasteiger partial charge in [-0.1, -0.05) is 30.2 Å². The number of ether oxygens (including phenoxy) is 1. The lowest BCUT2D eigenvalue weighted by molar-refractivity contribution is 0.186. The van der Waals surface area contributed by atoms with Crippen molar-refractivity contribution in [2.45, 2.75) is 31.9 Å². The molecule has 4 aromatic rings. The largest absolute Gasteiger partial charge is 0.481 e. The van der Waals surface area contributed by atoms with Gasteiger partial charge < -0.3 is 30.6 Å². The first kappa shape index (κ1) is 23.3. The van der Waals surface area contributed by atoms with Crippen LogP contribution in [0.4, 0.5) is 11.8 Å². The van der Waals surface area contributed by atoms with Crippen LogP contribution in [-0.4, -0.2) is 39.8 Å². The summed E-state index contributed by atoms with van der Waals surface area (Å²) in [6.07, 6.45) is 4.61. The van der Waals surface area contributed by atoms with E-state index in [1.165, 1.54) is 11.1 Å². The molecule has 0 radical (unpaired) electrons. The molecule has 1 atom stereocenters. The van der Waals surface area contributed by atoms with Gasteiger partial charge in [0.2, 0.25) is 0 Å². The van der Waals surface area contributed by atoms with Crippen LogP contribution < -0.4 is 21.1 Å². The Morgan fingerprint density at radius 1 is 1.16 bits per heavy atom. The molecule has 3 heterocycles. The molecule has 1 aliphatic heterocycles. The third kappa shape index (κ3) is 4.35. The van der Waals surface area contributed by atoms with Crippen molar-refractivity contribution < 1.29 is 14.3 Å². The third-order valence-corrected chi connectivity index (χ3v) is 7.53. The Morgan fingerprint density at radius 2 is 2.00 bits per heavy atom. The molecule has 2 aromatic heterocycles. The molecule has 1 saturated heterocycles. The number of oxazole rings is 1. The minimum absolute atomic E-state index is 0.0603. The zero-order valence-electron chi connectivity index (χ0n) is 20.4. The van der Waals surface area contributed by atoms with E-state index in [-0.39, 0.29) is 30.7 Å². The second-order valence-corrected chi connectivity index (χ2v) is 9.66. The van der Waals surface area contributed by atoms with Crippen LogP contribution in [-0.2, 0) is 13.0 Å². The molecular weight excluding hydrogens is 468 g/mol. The average molecular weight is 497 g/mol. The van der Waals surface area contributed by atoms with Gasteiger partial charge in [0, 0.05) is 25.2 Å². The van der Waals surface area contributed by atoms with Crippen LogP contribution in [0, 0.1) is 17.3 Å². The molecule has 1 spiro atoms. The molecule has 2 aromatic carbocycles. The molecule has 2 aliphatic rings. The molecule has 5 N–H and O–H groups in total. The zero-order chi connectivity index (χ0) is 25.4. The minimum Gasteiger partial charge on any atom is -0.481 e. The fourth-order valence-electron chi connectivity index (χ4n) is 5.58. The lowest BCUT2D eigenvalue weighted by Gasteiger charge is -2.42. The predicted molar refractivity (Wildman–Crippen MR) is 140 cm³/mol. The number of benzene rings is 2. The zero-order valence-corrected chi connectivity index (χ0v) is 20.4. The van der Waals surface area contributed by atoms with Crippen molar-refractivity contribution in [3.05, 3.63) is 71.2 Å². The number of aliphatic hydroxyl groups is 1. The summed E-state index contributed by atoms with van der Waals surface area (Å²) in [7, 11) is 0. The molecule has 188 valence electrons.